The van der Waals surface area contributed by atoms with Gasteiger partial charge in [0.1, 0.15) is 0 Å². The topological polar surface area (TPSA) is 59.5 Å². The van der Waals surface area contributed by atoms with Crippen molar-refractivity contribution in [2.75, 3.05) is 13.7 Å². The van der Waals surface area contributed by atoms with Gasteiger partial charge in [-0.3, -0.25) is 14.6 Å². The minimum atomic E-state index is -4.89. The minimum Gasteiger partial charge on any atom is -0.469 e. The zero-order chi connectivity index (χ0) is 20.3. The van der Waals surface area contributed by atoms with Gasteiger partial charge < -0.3 is 9.64 Å². The quantitative estimate of drug-likeness (QED) is 0.750. The Labute approximate surface area is 160 Å². The number of fused-ring (bicyclic) bond motifs is 1. The number of carbonyl (C=O) groups excluding carboxylic acids is 2. The van der Waals surface area contributed by atoms with Crippen LogP contribution in [0, 0.1) is 0 Å². The average Bonchev–Trinajstić information content (AvgIpc) is 2.70. The molecule has 0 spiro atoms. The molecule has 2 heterocycles. The van der Waals surface area contributed by atoms with Crippen molar-refractivity contribution in [1.82, 2.24) is 9.88 Å². The summed E-state index contributed by atoms with van der Waals surface area (Å²) in [6.45, 7) is -0.0799. The number of alkyl halides is 3. The van der Waals surface area contributed by atoms with Crippen LogP contribution in [0.1, 0.15) is 34.6 Å². The molecule has 2 aromatic rings. The maximum atomic E-state index is 12.8. The minimum absolute atomic E-state index is 0.0284. The molecule has 0 saturated heterocycles. The van der Waals surface area contributed by atoms with E-state index < -0.39 is 18.1 Å². The molecule has 0 saturated carbocycles. The Morgan fingerprint density at radius 3 is 2.50 bits per heavy atom. The number of pyridine rings is 1. The van der Waals surface area contributed by atoms with Crippen molar-refractivity contribution in [2.24, 2.45) is 0 Å². The number of hydrogen-bond donors (Lipinski definition) is 0. The maximum absolute atomic E-state index is 12.8. The van der Waals surface area contributed by atoms with Crippen LogP contribution >= 0.6 is 0 Å². The van der Waals surface area contributed by atoms with Crippen LogP contribution in [0.5, 0.6) is 0 Å². The molecule has 148 valence electrons. The summed E-state index contributed by atoms with van der Waals surface area (Å²) in [5.41, 5.74) is 3.18. The molecule has 0 radical (unpaired) electrons. The van der Waals surface area contributed by atoms with E-state index in [0.29, 0.717) is 12.0 Å². The zero-order valence-corrected chi connectivity index (χ0v) is 15.2. The molecule has 0 fully saturated rings. The second-order valence-corrected chi connectivity index (χ2v) is 6.62. The van der Waals surface area contributed by atoms with E-state index >= 15 is 0 Å². The highest BCUT2D eigenvalue weighted by molar-refractivity contribution is 5.82. The molecule has 0 aliphatic carbocycles. The molecule has 1 amide bonds. The number of carbonyl (C=O) groups is 2. The van der Waals surface area contributed by atoms with Crippen molar-refractivity contribution in [3.8, 4) is 0 Å². The van der Waals surface area contributed by atoms with E-state index in [4.69, 9.17) is 4.74 Å². The van der Waals surface area contributed by atoms with Gasteiger partial charge in [-0.15, -0.1) is 0 Å². The van der Waals surface area contributed by atoms with E-state index in [9.17, 15) is 22.8 Å². The summed E-state index contributed by atoms with van der Waals surface area (Å²) in [4.78, 5) is 28.3. The fourth-order valence-corrected chi connectivity index (χ4v) is 3.42. The Hall–Kier alpha value is -2.90. The van der Waals surface area contributed by atoms with Gasteiger partial charge in [0.2, 0.25) is 0 Å². The highest BCUT2D eigenvalue weighted by Gasteiger charge is 2.43. The second kappa shape index (κ2) is 8.00. The molecular weight excluding hydrogens is 373 g/mol. The van der Waals surface area contributed by atoms with Crippen LogP contribution in [0.25, 0.3) is 0 Å². The number of hydrogen-bond acceptors (Lipinski definition) is 4. The maximum Gasteiger partial charge on any atom is 0.471 e. The molecule has 3 rings (SSSR count). The van der Waals surface area contributed by atoms with Gasteiger partial charge in [0.05, 0.1) is 13.5 Å². The number of amides is 1. The van der Waals surface area contributed by atoms with Gasteiger partial charge in [-0.1, -0.05) is 18.2 Å². The first-order valence-electron chi connectivity index (χ1n) is 8.74. The van der Waals surface area contributed by atoms with E-state index in [0.717, 1.165) is 21.6 Å². The molecule has 5 nitrogen and oxygen atoms in total. The highest BCUT2D eigenvalue weighted by atomic mass is 19.4. The van der Waals surface area contributed by atoms with E-state index in [2.05, 4.69) is 4.98 Å². The van der Waals surface area contributed by atoms with E-state index in [1.165, 1.54) is 7.11 Å². The third-order valence-electron chi connectivity index (χ3n) is 4.88. The smallest absolute Gasteiger partial charge is 0.469 e. The Morgan fingerprint density at radius 1 is 1.14 bits per heavy atom. The van der Waals surface area contributed by atoms with Gasteiger partial charge in [0.15, 0.2) is 0 Å². The van der Waals surface area contributed by atoms with Gasteiger partial charge in [0, 0.05) is 31.4 Å². The molecule has 0 N–H and O–H groups in total. The predicted octanol–water partition coefficient (Wildman–Crippen LogP) is 3.22. The van der Waals surface area contributed by atoms with Crippen molar-refractivity contribution in [3.05, 3.63) is 65.0 Å². The van der Waals surface area contributed by atoms with E-state index in [1.54, 1.807) is 30.6 Å². The highest BCUT2D eigenvalue weighted by Crippen LogP contribution is 2.32. The Morgan fingerprint density at radius 2 is 1.86 bits per heavy atom. The third kappa shape index (κ3) is 4.32. The van der Waals surface area contributed by atoms with Crippen molar-refractivity contribution >= 4 is 11.9 Å². The number of methoxy groups -OCH3 is 1. The summed E-state index contributed by atoms with van der Waals surface area (Å²) < 4.78 is 43.1. The van der Waals surface area contributed by atoms with Crippen LogP contribution in [0.15, 0.2) is 42.7 Å². The van der Waals surface area contributed by atoms with Crippen molar-refractivity contribution in [3.63, 3.8) is 0 Å². The lowest BCUT2D eigenvalue weighted by molar-refractivity contribution is -0.186. The number of esters is 1. The Bertz CT molecular complexity index is 869. The molecular formula is C20H19F3N2O3. The van der Waals surface area contributed by atoms with Gasteiger partial charge >= 0.3 is 18.1 Å². The van der Waals surface area contributed by atoms with Crippen LogP contribution in [-0.4, -0.2) is 41.6 Å². The molecule has 1 atom stereocenters. The standard InChI is InChI=1S/C20H19F3N2O3/c1-28-18(26)11-17(14-4-7-24-8-5-14)15-3-2-13-6-9-25(12-16(13)10-15)19(27)20(21,22)23/h2-5,7-8,10,17H,6,9,11-12H2,1H3. The van der Waals surface area contributed by atoms with Crippen molar-refractivity contribution < 1.29 is 27.5 Å². The van der Waals surface area contributed by atoms with E-state index in [1.807, 2.05) is 12.1 Å². The molecule has 0 bridgehead atoms. The number of benzene rings is 1. The summed E-state index contributed by atoms with van der Waals surface area (Å²) in [5, 5.41) is 0. The summed E-state index contributed by atoms with van der Waals surface area (Å²) in [5.74, 6) is -2.55. The van der Waals surface area contributed by atoms with Gasteiger partial charge in [-0.25, -0.2) is 0 Å². The molecule has 28 heavy (non-hydrogen) atoms. The number of nitrogens with zero attached hydrogens (tertiary/aromatic N) is 2. The fourth-order valence-electron chi connectivity index (χ4n) is 3.42. The third-order valence-corrected chi connectivity index (χ3v) is 4.88. The van der Waals surface area contributed by atoms with Crippen molar-refractivity contribution in [2.45, 2.75) is 31.5 Å². The molecule has 1 aromatic carbocycles. The number of aromatic nitrogens is 1. The molecule has 1 unspecified atom stereocenters. The molecule has 8 heteroatoms. The predicted molar refractivity (Wildman–Crippen MR) is 94.3 cm³/mol. The first-order chi connectivity index (χ1) is 13.3. The number of ether oxygens (including phenoxy) is 1. The SMILES string of the molecule is COC(=O)CC(c1ccncc1)c1ccc2c(c1)CN(C(=O)C(F)(F)F)CC2. The van der Waals surface area contributed by atoms with Crippen LogP contribution in [0.3, 0.4) is 0 Å². The fraction of sp³-hybridized carbons (Fsp3) is 0.350. The van der Waals surface area contributed by atoms with Gasteiger partial charge in [0.25, 0.3) is 0 Å². The lowest BCUT2D eigenvalue weighted by atomic mass is 9.86. The largest absolute Gasteiger partial charge is 0.471 e. The van der Waals surface area contributed by atoms with E-state index in [-0.39, 0.29) is 25.4 Å². The van der Waals surface area contributed by atoms with Crippen LogP contribution in [-0.2, 0) is 27.3 Å². The second-order valence-electron chi connectivity index (χ2n) is 6.62. The first-order valence-corrected chi connectivity index (χ1v) is 8.74. The lowest BCUT2D eigenvalue weighted by Crippen LogP contribution is -2.43. The van der Waals surface area contributed by atoms with Crippen LogP contribution in [0.2, 0.25) is 0 Å². The molecule has 1 aliphatic heterocycles. The van der Waals surface area contributed by atoms with Gasteiger partial charge in [-0.05, 0) is 40.8 Å². The zero-order valence-electron chi connectivity index (χ0n) is 15.2. The normalized spacial score (nSPS) is 14.9. The molecule has 1 aliphatic rings. The molecule has 1 aromatic heterocycles. The number of halogens is 3. The Kier molecular flexibility index (Phi) is 5.67. The first kappa shape index (κ1) is 19.9. The Balaban J connectivity index is 1.92. The van der Waals surface area contributed by atoms with Gasteiger partial charge in [-0.2, -0.15) is 13.2 Å². The lowest BCUT2D eigenvalue weighted by Gasteiger charge is -2.30. The van der Waals surface area contributed by atoms with Crippen molar-refractivity contribution in [1.29, 1.82) is 0 Å². The average molecular weight is 392 g/mol. The summed E-state index contributed by atoms with van der Waals surface area (Å²) in [6, 6.07) is 9.07. The number of rotatable bonds is 4. The van der Waals surface area contributed by atoms with Crippen LogP contribution < -0.4 is 0 Å². The van der Waals surface area contributed by atoms with Crippen LogP contribution in [0.4, 0.5) is 13.2 Å². The summed E-state index contributed by atoms with van der Waals surface area (Å²) in [6.07, 6.45) is -1.22. The summed E-state index contributed by atoms with van der Waals surface area (Å²) in [7, 11) is 1.30. The monoisotopic (exact) mass is 392 g/mol. The summed E-state index contributed by atoms with van der Waals surface area (Å²) >= 11 is 0.